The van der Waals surface area contributed by atoms with Gasteiger partial charge >= 0.3 is 0 Å². The van der Waals surface area contributed by atoms with Crippen molar-refractivity contribution in [3.63, 3.8) is 0 Å². The fourth-order valence-electron chi connectivity index (χ4n) is 2.15. The number of aromatic nitrogens is 3. The molecule has 0 fully saturated rings. The second-order valence-corrected chi connectivity index (χ2v) is 5.18. The van der Waals surface area contributed by atoms with Crippen LogP contribution in [-0.2, 0) is 0 Å². The van der Waals surface area contributed by atoms with Gasteiger partial charge in [-0.05, 0) is 29.8 Å². The molecule has 0 aliphatic rings. The van der Waals surface area contributed by atoms with Gasteiger partial charge in [-0.2, -0.15) is 5.10 Å². The average Bonchev–Trinajstić information content (AvgIpc) is 3.04. The molecule has 1 aromatic heterocycles. The van der Waals surface area contributed by atoms with Crippen molar-refractivity contribution in [2.75, 3.05) is 7.11 Å². The summed E-state index contributed by atoms with van der Waals surface area (Å²) >= 11 is 6.16. The third-order valence-corrected chi connectivity index (χ3v) is 3.72. The Balaban J connectivity index is 1.88. The summed E-state index contributed by atoms with van der Waals surface area (Å²) in [5.74, 6) is 1.90. The SMILES string of the molecule is COc1ccc([C@@H](N)c2nc(-c3ccccc3Cl)n[nH]2)cc1. The highest BCUT2D eigenvalue weighted by atomic mass is 35.5. The van der Waals surface area contributed by atoms with Crippen LogP contribution in [0, 0.1) is 0 Å². The molecular weight excluding hydrogens is 300 g/mol. The molecular formula is C16H15ClN4O. The molecule has 22 heavy (non-hydrogen) atoms. The summed E-state index contributed by atoms with van der Waals surface area (Å²) in [5, 5.41) is 7.69. The van der Waals surface area contributed by atoms with Crippen LogP contribution in [0.5, 0.6) is 5.75 Å². The Hall–Kier alpha value is -2.37. The molecule has 1 atom stereocenters. The van der Waals surface area contributed by atoms with E-state index in [9.17, 15) is 0 Å². The third-order valence-electron chi connectivity index (χ3n) is 3.39. The van der Waals surface area contributed by atoms with Crippen LogP contribution in [0.25, 0.3) is 11.4 Å². The zero-order valence-corrected chi connectivity index (χ0v) is 12.7. The van der Waals surface area contributed by atoms with E-state index in [-0.39, 0.29) is 0 Å². The third kappa shape index (κ3) is 2.81. The van der Waals surface area contributed by atoms with Gasteiger partial charge in [0, 0.05) is 5.56 Å². The summed E-state index contributed by atoms with van der Waals surface area (Å²) in [6, 6.07) is 14.6. The van der Waals surface area contributed by atoms with E-state index in [1.165, 1.54) is 0 Å². The minimum atomic E-state index is -0.394. The second-order valence-electron chi connectivity index (χ2n) is 4.77. The van der Waals surface area contributed by atoms with E-state index in [1.807, 2.05) is 42.5 Å². The molecule has 3 aromatic rings. The average molecular weight is 315 g/mol. The highest BCUT2D eigenvalue weighted by molar-refractivity contribution is 6.33. The van der Waals surface area contributed by atoms with Gasteiger partial charge in [0.15, 0.2) is 5.82 Å². The molecule has 3 N–H and O–H groups in total. The van der Waals surface area contributed by atoms with Crippen molar-refractivity contribution in [3.8, 4) is 17.1 Å². The molecule has 0 radical (unpaired) electrons. The van der Waals surface area contributed by atoms with E-state index in [2.05, 4.69) is 15.2 Å². The maximum absolute atomic E-state index is 6.23. The van der Waals surface area contributed by atoms with Crippen LogP contribution in [0.15, 0.2) is 48.5 Å². The standard InChI is InChI=1S/C16H15ClN4O/c1-22-11-8-6-10(7-9-11)14(18)16-19-15(20-21-16)12-4-2-3-5-13(12)17/h2-9,14H,18H2,1H3,(H,19,20,21)/t14-/m1/s1. The number of hydrogen-bond acceptors (Lipinski definition) is 4. The Morgan fingerprint density at radius 1 is 1.14 bits per heavy atom. The molecule has 0 saturated carbocycles. The molecule has 0 amide bonds. The molecule has 0 bridgehead atoms. The Morgan fingerprint density at radius 3 is 2.55 bits per heavy atom. The molecule has 6 heteroatoms. The zero-order valence-electron chi connectivity index (χ0n) is 12.0. The molecule has 112 valence electrons. The normalized spacial score (nSPS) is 12.1. The number of aromatic amines is 1. The molecule has 2 aromatic carbocycles. The van der Waals surface area contributed by atoms with Crippen LogP contribution in [-0.4, -0.2) is 22.3 Å². The van der Waals surface area contributed by atoms with Crippen molar-refractivity contribution in [2.45, 2.75) is 6.04 Å². The van der Waals surface area contributed by atoms with E-state index in [4.69, 9.17) is 22.1 Å². The number of rotatable bonds is 4. The summed E-state index contributed by atoms with van der Waals surface area (Å²) < 4.78 is 5.14. The number of nitrogens with one attached hydrogen (secondary N) is 1. The predicted octanol–water partition coefficient (Wildman–Crippen LogP) is 3.18. The Bertz CT molecular complexity index is 770. The largest absolute Gasteiger partial charge is 0.497 e. The molecule has 0 aliphatic heterocycles. The first-order valence-electron chi connectivity index (χ1n) is 6.76. The van der Waals surface area contributed by atoms with Gasteiger partial charge in [-0.1, -0.05) is 35.9 Å². The van der Waals surface area contributed by atoms with Gasteiger partial charge in [0.2, 0.25) is 0 Å². The quantitative estimate of drug-likeness (QED) is 0.775. The van der Waals surface area contributed by atoms with E-state index in [0.29, 0.717) is 16.7 Å². The van der Waals surface area contributed by atoms with E-state index in [1.54, 1.807) is 13.2 Å². The molecule has 0 unspecified atom stereocenters. The topological polar surface area (TPSA) is 76.8 Å². The van der Waals surface area contributed by atoms with Crippen molar-refractivity contribution in [1.29, 1.82) is 0 Å². The molecule has 5 nitrogen and oxygen atoms in total. The lowest BCUT2D eigenvalue weighted by molar-refractivity contribution is 0.414. The van der Waals surface area contributed by atoms with Gasteiger partial charge in [0.1, 0.15) is 11.6 Å². The predicted molar refractivity (Wildman–Crippen MR) is 85.9 cm³/mol. The summed E-state index contributed by atoms with van der Waals surface area (Å²) in [6.07, 6.45) is 0. The van der Waals surface area contributed by atoms with Crippen LogP contribution in [0.2, 0.25) is 5.02 Å². The first kappa shape index (κ1) is 14.6. The summed E-state index contributed by atoms with van der Waals surface area (Å²) in [5.41, 5.74) is 7.92. The fourth-order valence-corrected chi connectivity index (χ4v) is 2.37. The maximum Gasteiger partial charge on any atom is 0.182 e. The number of benzene rings is 2. The summed E-state index contributed by atoms with van der Waals surface area (Å²) in [7, 11) is 1.63. The monoisotopic (exact) mass is 314 g/mol. The lowest BCUT2D eigenvalue weighted by atomic mass is 10.1. The first-order chi connectivity index (χ1) is 10.7. The van der Waals surface area contributed by atoms with Gasteiger partial charge in [-0.3, -0.25) is 5.10 Å². The van der Waals surface area contributed by atoms with Crippen molar-refractivity contribution < 1.29 is 4.74 Å². The lowest BCUT2D eigenvalue weighted by Gasteiger charge is -2.09. The van der Waals surface area contributed by atoms with Crippen LogP contribution in [0.3, 0.4) is 0 Å². The number of ether oxygens (including phenoxy) is 1. The fraction of sp³-hybridized carbons (Fsp3) is 0.125. The van der Waals surface area contributed by atoms with Gasteiger partial charge < -0.3 is 10.5 Å². The van der Waals surface area contributed by atoms with Crippen molar-refractivity contribution in [1.82, 2.24) is 15.2 Å². The van der Waals surface area contributed by atoms with Gasteiger partial charge in [-0.25, -0.2) is 4.98 Å². The number of halogens is 1. The highest BCUT2D eigenvalue weighted by Crippen LogP contribution is 2.26. The van der Waals surface area contributed by atoms with Crippen molar-refractivity contribution in [2.24, 2.45) is 5.73 Å². The smallest absolute Gasteiger partial charge is 0.182 e. The van der Waals surface area contributed by atoms with Gasteiger partial charge in [-0.15, -0.1) is 0 Å². The lowest BCUT2D eigenvalue weighted by Crippen LogP contribution is -2.13. The van der Waals surface area contributed by atoms with Gasteiger partial charge in [0.05, 0.1) is 18.2 Å². The minimum absolute atomic E-state index is 0.394. The van der Waals surface area contributed by atoms with Crippen LogP contribution >= 0.6 is 11.6 Å². The zero-order chi connectivity index (χ0) is 15.5. The number of nitrogens with two attached hydrogens (primary N) is 1. The van der Waals surface area contributed by atoms with Crippen LogP contribution in [0.4, 0.5) is 0 Å². The maximum atomic E-state index is 6.23. The van der Waals surface area contributed by atoms with Crippen LogP contribution < -0.4 is 10.5 Å². The Kier molecular flexibility index (Phi) is 4.09. The van der Waals surface area contributed by atoms with E-state index < -0.39 is 6.04 Å². The number of methoxy groups -OCH3 is 1. The van der Waals surface area contributed by atoms with E-state index >= 15 is 0 Å². The molecule has 0 aliphatic carbocycles. The number of nitrogens with zero attached hydrogens (tertiary/aromatic N) is 2. The first-order valence-corrected chi connectivity index (χ1v) is 7.13. The molecule has 1 heterocycles. The van der Waals surface area contributed by atoms with E-state index in [0.717, 1.165) is 16.9 Å². The number of hydrogen-bond donors (Lipinski definition) is 2. The molecule has 3 rings (SSSR count). The Morgan fingerprint density at radius 2 is 1.86 bits per heavy atom. The molecule has 0 saturated heterocycles. The minimum Gasteiger partial charge on any atom is -0.497 e. The summed E-state index contributed by atoms with van der Waals surface area (Å²) in [4.78, 5) is 4.45. The van der Waals surface area contributed by atoms with Gasteiger partial charge in [0.25, 0.3) is 0 Å². The van der Waals surface area contributed by atoms with Crippen LogP contribution in [0.1, 0.15) is 17.4 Å². The molecule has 0 spiro atoms. The number of H-pyrrole nitrogens is 1. The summed E-state index contributed by atoms with van der Waals surface area (Å²) in [6.45, 7) is 0. The highest BCUT2D eigenvalue weighted by Gasteiger charge is 2.16. The van der Waals surface area contributed by atoms with Crippen molar-refractivity contribution in [3.05, 3.63) is 64.9 Å². The van der Waals surface area contributed by atoms with Crippen molar-refractivity contribution >= 4 is 11.6 Å². The second kappa shape index (κ2) is 6.17. The Labute approximate surface area is 133 Å².